The predicted octanol–water partition coefficient (Wildman–Crippen LogP) is 2.84. The molecule has 0 N–H and O–H groups in total. The highest BCUT2D eigenvalue weighted by molar-refractivity contribution is 14.1. The van der Waals surface area contributed by atoms with E-state index in [2.05, 4.69) is 4.98 Å². The number of pyridine rings is 1. The first-order valence-corrected chi connectivity index (χ1v) is 4.61. The number of hydrogen-bond acceptors (Lipinski definition) is 3. The van der Waals surface area contributed by atoms with Crippen LogP contribution in [0, 0.1) is 20.6 Å². The van der Waals surface area contributed by atoms with Crippen molar-refractivity contribution in [3.8, 4) is 0 Å². The Morgan fingerprint density at radius 1 is 1.64 bits per heavy atom. The van der Waals surface area contributed by atoms with Gasteiger partial charge in [0.15, 0.2) is 0 Å². The molecule has 0 amide bonds. The molecule has 0 atom stereocenters. The van der Waals surface area contributed by atoms with Gasteiger partial charge in [0.2, 0.25) is 5.69 Å². The molecule has 1 rings (SSSR count). The molecule has 0 aliphatic carbocycles. The number of rotatable bonds is 2. The van der Waals surface area contributed by atoms with E-state index in [1.807, 2.05) is 0 Å². The first-order valence-electron chi connectivity index (χ1n) is 3.53. The van der Waals surface area contributed by atoms with Crippen molar-refractivity contribution in [1.29, 1.82) is 0 Å². The summed E-state index contributed by atoms with van der Waals surface area (Å²) < 4.78 is 24.9. The van der Waals surface area contributed by atoms with Gasteiger partial charge in [0.1, 0.15) is 3.57 Å². The lowest BCUT2D eigenvalue weighted by molar-refractivity contribution is -0.390. The Kier molecular flexibility index (Phi) is 3.29. The lowest BCUT2D eigenvalue weighted by atomic mass is 10.2. The van der Waals surface area contributed by atoms with Crippen molar-refractivity contribution < 1.29 is 13.7 Å². The van der Waals surface area contributed by atoms with Gasteiger partial charge in [-0.2, -0.15) is 0 Å². The van der Waals surface area contributed by atoms with Crippen molar-refractivity contribution in [2.24, 2.45) is 0 Å². The zero-order chi connectivity index (χ0) is 10.9. The largest absolute Gasteiger partial charge is 0.377 e. The van der Waals surface area contributed by atoms with Gasteiger partial charge >= 0.3 is 12.2 Å². The van der Waals surface area contributed by atoms with Crippen LogP contribution in [0.2, 0.25) is 0 Å². The number of alkyl halides is 2. The first-order chi connectivity index (χ1) is 6.43. The minimum absolute atomic E-state index is 0.259. The van der Waals surface area contributed by atoms with Gasteiger partial charge < -0.3 is 10.1 Å². The van der Waals surface area contributed by atoms with Crippen LogP contribution in [-0.2, 0) is 0 Å². The SMILES string of the molecule is Cc1cc(I)c([N+](=O)[O-])nc1C(F)F. The summed E-state index contributed by atoms with van der Waals surface area (Å²) in [6.45, 7) is 1.44. The van der Waals surface area contributed by atoms with E-state index in [4.69, 9.17) is 0 Å². The number of nitrogens with zero attached hydrogens (tertiary/aromatic N) is 2. The molecule has 0 spiro atoms. The van der Waals surface area contributed by atoms with Gasteiger partial charge in [-0.15, -0.1) is 0 Å². The number of halogens is 3. The molecule has 0 aliphatic heterocycles. The van der Waals surface area contributed by atoms with Crippen LogP contribution in [0.1, 0.15) is 17.7 Å². The summed E-state index contributed by atoms with van der Waals surface area (Å²) in [5.74, 6) is -0.522. The molecule has 0 aromatic carbocycles. The highest BCUT2D eigenvalue weighted by Gasteiger charge is 2.24. The normalized spacial score (nSPS) is 10.6. The molecular weight excluding hydrogens is 309 g/mol. The minimum Gasteiger partial charge on any atom is -0.358 e. The average molecular weight is 314 g/mol. The third-order valence-electron chi connectivity index (χ3n) is 1.57. The molecule has 1 aromatic rings. The maximum absolute atomic E-state index is 12.3. The standard InChI is InChI=1S/C7H5F2IN2O2/c1-3-2-4(10)7(12(13)14)11-5(3)6(8)9/h2,6H,1H3. The summed E-state index contributed by atoms with van der Waals surface area (Å²) in [4.78, 5) is 12.9. The number of hydrogen-bond donors (Lipinski definition) is 0. The Morgan fingerprint density at radius 3 is 2.64 bits per heavy atom. The summed E-state index contributed by atoms with van der Waals surface area (Å²) in [5.41, 5.74) is -0.271. The maximum Gasteiger partial charge on any atom is 0.377 e. The fourth-order valence-corrected chi connectivity index (χ4v) is 1.72. The van der Waals surface area contributed by atoms with Crippen molar-refractivity contribution in [3.05, 3.63) is 31.0 Å². The molecule has 0 fully saturated rings. The van der Waals surface area contributed by atoms with E-state index in [-0.39, 0.29) is 9.13 Å². The molecule has 0 saturated carbocycles. The van der Waals surface area contributed by atoms with Crippen LogP contribution in [0.4, 0.5) is 14.6 Å². The predicted molar refractivity (Wildman–Crippen MR) is 53.3 cm³/mol. The van der Waals surface area contributed by atoms with Crippen LogP contribution in [0.5, 0.6) is 0 Å². The van der Waals surface area contributed by atoms with Gasteiger partial charge in [0.05, 0.1) is 0 Å². The molecule has 0 radical (unpaired) electrons. The van der Waals surface area contributed by atoms with Gasteiger partial charge in [-0.25, -0.2) is 8.78 Å². The minimum atomic E-state index is -2.79. The van der Waals surface area contributed by atoms with E-state index in [1.165, 1.54) is 13.0 Å². The van der Waals surface area contributed by atoms with Gasteiger partial charge in [0.25, 0.3) is 0 Å². The monoisotopic (exact) mass is 314 g/mol. The van der Waals surface area contributed by atoms with Crippen molar-refractivity contribution in [2.45, 2.75) is 13.3 Å². The van der Waals surface area contributed by atoms with E-state index in [0.29, 0.717) is 0 Å². The number of aryl methyl sites for hydroxylation is 1. The van der Waals surface area contributed by atoms with E-state index in [1.54, 1.807) is 22.6 Å². The van der Waals surface area contributed by atoms with Crippen LogP contribution >= 0.6 is 22.6 Å². The van der Waals surface area contributed by atoms with Crippen LogP contribution in [0.3, 0.4) is 0 Å². The third-order valence-corrected chi connectivity index (χ3v) is 2.36. The fraction of sp³-hybridized carbons (Fsp3) is 0.286. The lowest BCUT2D eigenvalue weighted by Gasteiger charge is -2.01. The highest BCUT2D eigenvalue weighted by atomic mass is 127. The summed E-state index contributed by atoms with van der Waals surface area (Å²) >= 11 is 1.69. The Balaban J connectivity index is 3.34. The molecule has 4 nitrogen and oxygen atoms in total. The molecule has 14 heavy (non-hydrogen) atoms. The number of aromatic nitrogens is 1. The summed E-state index contributed by atoms with van der Waals surface area (Å²) in [7, 11) is 0. The summed E-state index contributed by atoms with van der Waals surface area (Å²) in [6.07, 6.45) is -2.79. The second kappa shape index (κ2) is 4.11. The quantitative estimate of drug-likeness (QED) is 0.479. The molecule has 0 bridgehead atoms. The number of nitro groups is 1. The van der Waals surface area contributed by atoms with Gasteiger partial charge in [0, 0.05) is 5.56 Å². The molecule has 0 unspecified atom stereocenters. The Labute approximate surface area is 91.6 Å². The smallest absolute Gasteiger partial charge is 0.358 e. The third kappa shape index (κ3) is 2.14. The Bertz CT molecular complexity index is 384. The van der Waals surface area contributed by atoms with E-state index in [0.717, 1.165) is 0 Å². The van der Waals surface area contributed by atoms with Crippen LogP contribution in [0.15, 0.2) is 6.07 Å². The van der Waals surface area contributed by atoms with Crippen LogP contribution in [-0.4, -0.2) is 9.91 Å². The maximum atomic E-state index is 12.3. The van der Waals surface area contributed by atoms with Gasteiger partial charge in [-0.1, -0.05) is 0 Å². The van der Waals surface area contributed by atoms with Crippen molar-refractivity contribution in [1.82, 2.24) is 4.98 Å². The summed E-state index contributed by atoms with van der Waals surface area (Å²) in [5, 5.41) is 10.4. The van der Waals surface area contributed by atoms with Gasteiger partial charge in [-0.3, -0.25) is 0 Å². The second-order valence-electron chi connectivity index (χ2n) is 2.55. The van der Waals surface area contributed by atoms with E-state index in [9.17, 15) is 18.9 Å². The second-order valence-corrected chi connectivity index (χ2v) is 3.72. The molecule has 0 saturated heterocycles. The van der Waals surface area contributed by atoms with Crippen LogP contribution in [0.25, 0.3) is 0 Å². The van der Waals surface area contributed by atoms with Crippen molar-refractivity contribution in [3.63, 3.8) is 0 Å². The van der Waals surface area contributed by atoms with Gasteiger partial charge in [-0.05, 0) is 45.5 Å². The van der Waals surface area contributed by atoms with E-state index < -0.39 is 22.9 Å². The first kappa shape index (κ1) is 11.2. The van der Waals surface area contributed by atoms with E-state index >= 15 is 0 Å². The topological polar surface area (TPSA) is 56.0 Å². The molecular formula is C7H5F2IN2O2. The summed E-state index contributed by atoms with van der Waals surface area (Å²) in [6, 6.07) is 1.33. The van der Waals surface area contributed by atoms with Crippen LogP contribution < -0.4 is 0 Å². The molecule has 7 heteroatoms. The van der Waals surface area contributed by atoms with Crippen molar-refractivity contribution >= 4 is 28.4 Å². The molecule has 76 valence electrons. The Hall–Kier alpha value is -0.860. The lowest BCUT2D eigenvalue weighted by Crippen LogP contribution is -2.02. The molecule has 1 heterocycles. The molecule has 0 aliphatic rings. The average Bonchev–Trinajstić information content (AvgIpc) is 2.02. The highest BCUT2D eigenvalue weighted by Crippen LogP contribution is 2.26. The Morgan fingerprint density at radius 2 is 2.21 bits per heavy atom. The van der Waals surface area contributed by atoms with Crippen molar-refractivity contribution in [2.75, 3.05) is 0 Å². The zero-order valence-electron chi connectivity index (χ0n) is 7.00. The molecule has 1 aromatic heterocycles. The zero-order valence-corrected chi connectivity index (χ0v) is 9.16. The fourth-order valence-electron chi connectivity index (χ4n) is 0.933.